The summed E-state index contributed by atoms with van der Waals surface area (Å²) in [6.45, 7) is 0.348. The number of nitrogens with zero attached hydrogens (tertiary/aromatic N) is 4. The molecule has 0 aliphatic carbocycles. The molecule has 3 aromatic rings. The Morgan fingerprint density at radius 3 is 2.96 bits per heavy atom. The summed E-state index contributed by atoms with van der Waals surface area (Å²) in [6, 6.07) is 2.83. The fourth-order valence-electron chi connectivity index (χ4n) is 2.06. The van der Waals surface area contributed by atoms with E-state index in [-0.39, 0.29) is 24.1 Å². The lowest BCUT2D eigenvalue weighted by atomic mass is 10.3. The highest BCUT2D eigenvalue weighted by Gasteiger charge is 2.14. The highest BCUT2D eigenvalue weighted by atomic mass is 35.5. The van der Waals surface area contributed by atoms with E-state index >= 15 is 0 Å². The first kappa shape index (κ1) is 17.2. The van der Waals surface area contributed by atoms with Crippen LogP contribution in [0.2, 0.25) is 5.28 Å². The molecule has 1 amide bonds. The molecule has 0 atom stereocenters. The molecule has 0 bridgehead atoms. The predicted octanol–water partition coefficient (Wildman–Crippen LogP) is 2.70. The Morgan fingerprint density at radius 1 is 1.36 bits per heavy atom. The Morgan fingerprint density at radius 2 is 2.20 bits per heavy atom. The molecular weight excluding hydrogens is 371 g/mol. The second-order valence-corrected chi connectivity index (χ2v) is 6.27. The normalized spacial score (nSPS) is 10.8. The molecule has 0 aliphatic heterocycles. The first-order chi connectivity index (χ1) is 12.0. The van der Waals surface area contributed by atoms with Gasteiger partial charge in [0.1, 0.15) is 11.3 Å². The molecule has 8 nitrogen and oxygen atoms in total. The van der Waals surface area contributed by atoms with Crippen molar-refractivity contribution in [3.05, 3.63) is 40.1 Å². The van der Waals surface area contributed by atoms with Crippen molar-refractivity contribution in [3.8, 4) is 0 Å². The van der Waals surface area contributed by atoms with Crippen LogP contribution in [0.25, 0.3) is 10.3 Å². The summed E-state index contributed by atoms with van der Waals surface area (Å²) in [7, 11) is 0. The number of anilines is 1. The number of hydrogen-bond donors (Lipinski definition) is 3. The van der Waals surface area contributed by atoms with Gasteiger partial charge in [0.2, 0.25) is 5.28 Å². The maximum Gasteiger partial charge on any atom is 0.404 e. The van der Waals surface area contributed by atoms with Gasteiger partial charge in [0.15, 0.2) is 10.6 Å². The van der Waals surface area contributed by atoms with E-state index in [1.54, 1.807) is 0 Å². The van der Waals surface area contributed by atoms with Gasteiger partial charge in [-0.25, -0.2) is 19.2 Å². The van der Waals surface area contributed by atoms with Crippen LogP contribution in [0.1, 0.15) is 10.7 Å². The van der Waals surface area contributed by atoms with Crippen LogP contribution in [0, 0.1) is 5.82 Å². The SMILES string of the molecule is O=C(O)NCCc1nc2c(NCc3ncccc3F)nc(Cl)nc2s1. The van der Waals surface area contributed by atoms with Crippen LogP contribution in [-0.4, -0.2) is 37.7 Å². The molecule has 0 saturated carbocycles. The minimum Gasteiger partial charge on any atom is -0.465 e. The van der Waals surface area contributed by atoms with Crippen molar-refractivity contribution in [1.82, 2.24) is 25.3 Å². The van der Waals surface area contributed by atoms with Gasteiger partial charge < -0.3 is 15.7 Å². The van der Waals surface area contributed by atoms with Gasteiger partial charge in [-0.15, -0.1) is 0 Å². The number of amides is 1. The lowest BCUT2D eigenvalue weighted by molar-refractivity contribution is 0.194. The molecule has 11 heteroatoms. The van der Waals surface area contributed by atoms with Gasteiger partial charge in [-0.3, -0.25) is 4.98 Å². The predicted molar refractivity (Wildman–Crippen MR) is 91.5 cm³/mol. The van der Waals surface area contributed by atoms with E-state index in [1.807, 2.05) is 0 Å². The van der Waals surface area contributed by atoms with Crippen molar-refractivity contribution in [3.63, 3.8) is 0 Å². The zero-order chi connectivity index (χ0) is 17.8. The Kier molecular flexibility index (Phi) is 5.19. The Hall–Kier alpha value is -2.59. The third kappa shape index (κ3) is 4.28. The van der Waals surface area contributed by atoms with E-state index in [0.29, 0.717) is 27.6 Å². The standard InChI is InChI=1S/C14H12ClFN6O2S/c15-13-21-11(19-6-8-7(16)2-1-4-17-8)10-12(22-13)25-9(20-10)3-5-18-14(23)24/h1-2,4,18H,3,5-6H2,(H,23,24)(H,19,21,22). The minimum atomic E-state index is -1.09. The van der Waals surface area contributed by atoms with E-state index in [0.717, 1.165) is 0 Å². The maximum absolute atomic E-state index is 13.7. The van der Waals surface area contributed by atoms with Crippen LogP contribution in [0.4, 0.5) is 15.0 Å². The Bertz CT molecular complexity index is 921. The van der Waals surface area contributed by atoms with Gasteiger partial charge in [-0.1, -0.05) is 11.3 Å². The van der Waals surface area contributed by atoms with Crippen LogP contribution in [0.5, 0.6) is 0 Å². The summed E-state index contributed by atoms with van der Waals surface area (Å²) in [5.74, 6) is -0.0566. The molecule has 3 heterocycles. The quantitative estimate of drug-likeness (QED) is 0.562. The smallest absolute Gasteiger partial charge is 0.404 e. The molecule has 0 saturated heterocycles. The summed E-state index contributed by atoms with van der Waals surface area (Å²) >= 11 is 7.22. The molecule has 25 heavy (non-hydrogen) atoms. The average Bonchev–Trinajstić information content (AvgIpc) is 2.96. The molecule has 0 aromatic carbocycles. The van der Waals surface area contributed by atoms with Crippen molar-refractivity contribution in [2.45, 2.75) is 13.0 Å². The number of carbonyl (C=O) groups is 1. The van der Waals surface area contributed by atoms with Gasteiger partial charge in [0.05, 0.1) is 17.2 Å². The third-order valence-electron chi connectivity index (χ3n) is 3.15. The highest BCUT2D eigenvalue weighted by Crippen LogP contribution is 2.27. The van der Waals surface area contributed by atoms with Crippen LogP contribution in [-0.2, 0) is 13.0 Å². The number of thiazole rings is 1. The van der Waals surface area contributed by atoms with E-state index in [4.69, 9.17) is 16.7 Å². The van der Waals surface area contributed by atoms with Crippen molar-refractivity contribution >= 4 is 45.2 Å². The van der Waals surface area contributed by atoms with Crippen molar-refractivity contribution in [1.29, 1.82) is 0 Å². The van der Waals surface area contributed by atoms with Crippen molar-refractivity contribution in [2.24, 2.45) is 0 Å². The fourth-order valence-corrected chi connectivity index (χ4v) is 3.22. The lowest BCUT2D eigenvalue weighted by Gasteiger charge is -2.06. The Labute approximate surface area is 150 Å². The molecule has 3 aromatic heterocycles. The fraction of sp³-hybridized carbons (Fsp3) is 0.214. The van der Waals surface area contributed by atoms with E-state index < -0.39 is 11.9 Å². The second kappa shape index (κ2) is 7.53. The summed E-state index contributed by atoms with van der Waals surface area (Å²) in [5.41, 5.74) is 0.738. The highest BCUT2D eigenvalue weighted by molar-refractivity contribution is 7.18. The van der Waals surface area contributed by atoms with Crippen LogP contribution < -0.4 is 10.6 Å². The number of fused-ring (bicyclic) bond motifs is 1. The molecule has 0 radical (unpaired) electrons. The molecule has 0 spiro atoms. The second-order valence-electron chi connectivity index (χ2n) is 4.87. The number of halogens is 2. The summed E-state index contributed by atoms with van der Waals surface area (Å²) in [5, 5.41) is 14.6. The lowest BCUT2D eigenvalue weighted by Crippen LogP contribution is -2.23. The average molecular weight is 383 g/mol. The topological polar surface area (TPSA) is 113 Å². The minimum absolute atomic E-state index is 0.0374. The number of hydrogen-bond acceptors (Lipinski definition) is 7. The Balaban J connectivity index is 1.80. The van der Waals surface area contributed by atoms with E-state index in [9.17, 15) is 9.18 Å². The van der Waals surface area contributed by atoms with Crippen LogP contribution >= 0.6 is 22.9 Å². The van der Waals surface area contributed by atoms with Gasteiger partial charge in [0, 0.05) is 19.2 Å². The van der Waals surface area contributed by atoms with Gasteiger partial charge >= 0.3 is 6.09 Å². The first-order valence-electron chi connectivity index (χ1n) is 7.16. The van der Waals surface area contributed by atoms with Crippen LogP contribution in [0.15, 0.2) is 18.3 Å². The summed E-state index contributed by atoms with van der Waals surface area (Å²) in [4.78, 5) is 27.6. The number of nitrogens with one attached hydrogen (secondary N) is 2. The number of rotatable bonds is 6. The summed E-state index contributed by atoms with van der Waals surface area (Å²) < 4.78 is 13.7. The molecule has 0 unspecified atom stereocenters. The summed E-state index contributed by atoms with van der Waals surface area (Å²) in [6.07, 6.45) is 0.821. The molecule has 0 aliphatic rings. The van der Waals surface area contributed by atoms with E-state index in [2.05, 4.69) is 30.6 Å². The monoisotopic (exact) mass is 382 g/mol. The van der Waals surface area contributed by atoms with Crippen molar-refractivity contribution < 1.29 is 14.3 Å². The first-order valence-corrected chi connectivity index (χ1v) is 8.35. The van der Waals surface area contributed by atoms with Crippen molar-refractivity contribution in [2.75, 3.05) is 11.9 Å². The molecule has 3 N–H and O–H groups in total. The zero-order valence-electron chi connectivity index (χ0n) is 12.7. The number of pyridine rings is 1. The molecule has 130 valence electrons. The van der Waals surface area contributed by atoms with Gasteiger partial charge in [-0.2, -0.15) is 4.98 Å². The third-order valence-corrected chi connectivity index (χ3v) is 4.33. The number of carboxylic acid groups (broad SMARTS) is 1. The maximum atomic E-state index is 13.7. The van der Waals surface area contributed by atoms with Gasteiger partial charge in [-0.05, 0) is 23.7 Å². The van der Waals surface area contributed by atoms with Gasteiger partial charge in [0.25, 0.3) is 0 Å². The number of aromatic nitrogens is 4. The molecular formula is C14H12ClFN6O2S. The molecule has 3 rings (SSSR count). The zero-order valence-corrected chi connectivity index (χ0v) is 14.2. The van der Waals surface area contributed by atoms with E-state index in [1.165, 1.54) is 29.7 Å². The molecule has 0 fully saturated rings. The largest absolute Gasteiger partial charge is 0.465 e. The van der Waals surface area contributed by atoms with Crippen LogP contribution in [0.3, 0.4) is 0 Å².